The number of ether oxygens (including phenoxy) is 1. The number of anilines is 1. The average Bonchev–Trinajstić information content (AvgIpc) is 2.79. The van der Waals surface area contributed by atoms with E-state index >= 15 is 0 Å². The first-order valence-electron chi connectivity index (χ1n) is 9.70. The van der Waals surface area contributed by atoms with Crippen LogP contribution in [0.3, 0.4) is 0 Å². The number of amides is 1. The van der Waals surface area contributed by atoms with Crippen LogP contribution in [0, 0.1) is 6.92 Å². The molecule has 10 heteroatoms. The fourth-order valence-electron chi connectivity index (χ4n) is 2.66. The van der Waals surface area contributed by atoms with Crippen molar-refractivity contribution in [3.63, 3.8) is 0 Å². The first kappa shape index (κ1) is 25.9. The zero-order chi connectivity index (χ0) is 25.3. The van der Waals surface area contributed by atoms with Gasteiger partial charge in [0.1, 0.15) is 5.75 Å². The second-order valence-corrected chi connectivity index (χ2v) is 6.81. The van der Waals surface area contributed by atoms with Crippen molar-refractivity contribution in [2.24, 2.45) is 0 Å². The van der Waals surface area contributed by atoms with Crippen LogP contribution in [0.15, 0.2) is 72.8 Å². The van der Waals surface area contributed by atoms with Crippen molar-refractivity contribution in [2.45, 2.75) is 13.1 Å². The molecule has 0 aliphatic heterocycles. The van der Waals surface area contributed by atoms with Crippen LogP contribution in [0.25, 0.3) is 0 Å². The Labute approximate surface area is 192 Å². The molecule has 0 saturated carbocycles. The summed E-state index contributed by atoms with van der Waals surface area (Å²) >= 11 is 0. The minimum atomic E-state index is -4.44. The molecule has 3 rings (SSSR count). The van der Waals surface area contributed by atoms with Crippen molar-refractivity contribution in [2.75, 3.05) is 11.9 Å². The monoisotopic (exact) mass is 475 g/mol. The highest BCUT2D eigenvalue weighted by Crippen LogP contribution is 2.30. The van der Waals surface area contributed by atoms with Gasteiger partial charge in [0.05, 0.1) is 16.7 Å². The Bertz CT molecular complexity index is 1150. The molecule has 3 aromatic carbocycles. The first-order chi connectivity index (χ1) is 16.0. The normalized spacial score (nSPS) is 10.5. The van der Waals surface area contributed by atoms with Crippen molar-refractivity contribution in [3.05, 3.63) is 95.1 Å². The molecule has 0 aromatic heterocycles. The largest absolute Gasteiger partial charge is 0.484 e. The topological polar surface area (TPSA) is 113 Å². The Hall–Kier alpha value is -4.34. The fraction of sp³-hybridized carbons (Fsp3) is 0.125. The number of carboxylic acid groups (broad SMARTS) is 2. The molecule has 1 amide bonds. The summed E-state index contributed by atoms with van der Waals surface area (Å²) in [5, 5.41) is 19.9. The quantitative estimate of drug-likeness (QED) is 0.457. The molecule has 0 fully saturated rings. The van der Waals surface area contributed by atoms with Gasteiger partial charge in [0, 0.05) is 5.69 Å². The van der Waals surface area contributed by atoms with Gasteiger partial charge in [-0.1, -0.05) is 24.3 Å². The van der Waals surface area contributed by atoms with E-state index in [0.29, 0.717) is 16.8 Å². The second-order valence-electron chi connectivity index (χ2n) is 6.81. The summed E-state index contributed by atoms with van der Waals surface area (Å²) in [6.45, 7) is 1.12. The summed E-state index contributed by atoms with van der Waals surface area (Å²) in [7, 11) is 0. The van der Waals surface area contributed by atoms with E-state index in [1.54, 1.807) is 37.3 Å². The summed E-state index contributed by atoms with van der Waals surface area (Å²) in [6.07, 6.45) is -4.44. The van der Waals surface area contributed by atoms with E-state index in [0.717, 1.165) is 24.3 Å². The van der Waals surface area contributed by atoms with Crippen LogP contribution in [0.4, 0.5) is 18.9 Å². The summed E-state index contributed by atoms with van der Waals surface area (Å²) in [5.74, 6) is -2.45. The lowest BCUT2D eigenvalue weighted by atomic mass is 10.1. The maximum Gasteiger partial charge on any atom is 0.416 e. The number of carboxylic acids is 2. The van der Waals surface area contributed by atoms with Crippen LogP contribution in [0.5, 0.6) is 5.75 Å². The lowest BCUT2D eigenvalue weighted by Crippen LogP contribution is -2.21. The standard InChI is InChI=1S/C17H14F3NO4.C7H6O2/c1-10-13(16(23)24)3-2-4-14(10)21-15(22)9-25-12-7-5-11(6-8-12)17(18,19)20;8-7(9)6-4-2-1-3-5-6/h2-8H,9H2,1H3,(H,21,22)(H,23,24);1-5H,(H,8,9). The summed E-state index contributed by atoms with van der Waals surface area (Å²) < 4.78 is 42.5. The molecule has 0 atom stereocenters. The lowest BCUT2D eigenvalue weighted by molar-refractivity contribution is -0.137. The molecule has 0 aliphatic rings. The molecule has 7 nitrogen and oxygen atoms in total. The molecule has 0 aliphatic carbocycles. The molecule has 0 radical (unpaired) electrons. The van der Waals surface area contributed by atoms with Crippen molar-refractivity contribution in [1.82, 2.24) is 0 Å². The molecule has 3 aromatic rings. The summed E-state index contributed by atoms with van der Waals surface area (Å²) in [4.78, 5) is 33.1. The number of hydrogen-bond acceptors (Lipinski definition) is 4. The third-order valence-electron chi connectivity index (χ3n) is 4.41. The molecule has 0 spiro atoms. The van der Waals surface area contributed by atoms with E-state index in [1.165, 1.54) is 18.2 Å². The number of carbonyl (C=O) groups is 3. The van der Waals surface area contributed by atoms with Crippen molar-refractivity contribution in [3.8, 4) is 5.75 Å². The minimum absolute atomic E-state index is 0.0569. The van der Waals surface area contributed by atoms with Crippen molar-refractivity contribution >= 4 is 23.5 Å². The molecule has 0 unspecified atom stereocenters. The maximum absolute atomic E-state index is 12.5. The van der Waals surface area contributed by atoms with E-state index in [4.69, 9.17) is 14.9 Å². The number of aromatic carboxylic acids is 2. The summed E-state index contributed by atoms with van der Waals surface area (Å²) in [6, 6.07) is 16.7. The SMILES string of the molecule is Cc1c(NC(=O)COc2ccc(C(F)(F)F)cc2)cccc1C(=O)O.O=C(O)c1ccccc1. The van der Waals surface area contributed by atoms with Crippen LogP contribution in [-0.2, 0) is 11.0 Å². The third kappa shape index (κ3) is 7.66. The number of benzene rings is 3. The molecule has 3 N–H and O–H groups in total. The van der Waals surface area contributed by atoms with Crippen molar-refractivity contribution < 1.29 is 42.5 Å². The third-order valence-corrected chi connectivity index (χ3v) is 4.41. The lowest BCUT2D eigenvalue weighted by Gasteiger charge is -2.12. The molecular weight excluding hydrogens is 455 g/mol. The highest BCUT2D eigenvalue weighted by Gasteiger charge is 2.30. The van der Waals surface area contributed by atoms with E-state index in [2.05, 4.69) is 5.32 Å². The van der Waals surface area contributed by atoms with Gasteiger partial charge >= 0.3 is 18.1 Å². The van der Waals surface area contributed by atoms with Gasteiger partial charge in [-0.15, -0.1) is 0 Å². The first-order valence-corrected chi connectivity index (χ1v) is 9.70. The van der Waals surface area contributed by atoms with Gasteiger partial charge in [-0.2, -0.15) is 13.2 Å². The summed E-state index contributed by atoms with van der Waals surface area (Å²) in [5.41, 5.74) is 0.281. The number of hydrogen-bond donors (Lipinski definition) is 3. The number of rotatable bonds is 6. The van der Waals surface area contributed by atoms with Gasteiger partial charge in [-0.25, -0.2) is 9.59 Å². The van der Waals surface area contributed by atoms with Crippen LogP contribution in [0.2, 0.25) is 0 Å². The Morgan fingerprint density at radius 2 is 1.47 bits per heavy atom. The van der Waals surface area contributed by atoms with E-state index in [-0.39, 0.29) is 11.3 Å². The van der Waals surface area contributed by atoms with Crippen LogP contribution in [-0.4, -0.2) is 34.7 Å². The fourth-order valence-corrected chi connectivity index (χ4v) is 2.66. The zero-order valence-electron chi connectivity index (χ0n) is 17.8. The van der Waals surface area contributed by atoms with Gasteiger partial charge in [0.25, 0.3) is 5.91 Å². The second kappa shape index (κ2) is 11.5. The van der Waals surface area contributed by atoms with Crippen LogP contribution < -0.4 is 10.1 Å². The number of nitrogens with one attached hydrogen (secondary N) is 1. The van der Waals surface area contributed by atoms with Gasteiger partial charge < -0.3 is 20.3 Å². The molecule has 0 bridgehead atoms. The predicted molar refractivity (Wildman–Crippen MR) is 117 cm³/mol. The number of carbonyl (C=O) groups excluding carboxylic acids is 1. The average molecular weight is 475 g/mol. The highest BCUT2D eigenvalue weighted by molar-refractivity contribution is 5.96. The van der Waals surface area contributed by atoms with Gasteiger partial charge in [0.2, 0.25) is 0 Å². The minimum Gasteiger partial charge on any atom is -0.484 e. The Morgan fingerprint density at radius 1 is 0.853 bits per heavy atom. The molecule has 0 saturated heterocycles. The van der Waals surface area contributed by atoms with E-state index in [9.17, 15) is 27.6 Å². The van der Waals surface area contributed by atoms with Crippen LogP contribution >= 0.6 is 0 Å². The molecule has 34 heavy (non-hydrogen) atoms. The van der Waals surface area contributed by atoms with Gasteiger partial charge in [0.15, 0.2) is 6.61 Å². The smallest absolute Gasteiger partial charge is 0.416 e. The molecule has 0 heterocycles. The molecule has 178 valence electrons. The van der Waals surface area contributed by atoms with Gasteiger partial charge in [-0.3, -0.25) is 4.79 Å². The predicted octanol–water partition coefficient (Wildman–Crippen LogP) is 5.11. The highest BCUT2D eigenvalue weighted by atomic mass is 19.4. The molecular formula is C24H20F3NO6. The number of alkyl halides is 3. The van der Waals surface area contributed by atoms with E-state index in [1.807, 2.05) is 0 Å². The van der Waals surface area contributed by atoms with Crippen LogP contribution in [0.1, 0.15) is 31.8 Å². The zero-order valence-corrected chi connectivity index (χ0v) is 17.8. The number of halogens is 3. The maximum atomic E-state index is 12.5. The Balaban J connectivity index is 0.000000379. The van der Waals surface area contributed by atoms with E-state index < -0.39 is 36.2 Å². The van der Waals surface area contributed by atoms with Gasteiger partial charge in [-0.05, 0) is 61.0 Å². The Morgan fingerprint density at radius 3 is 1.97 bits per heavy atom. The van der Waals surface area contributed by atoms with Crippen molar-refractivity contribution in [1.29, 1.82) is 0 Å². The Kier molecular flexibility index (Phi) is 8.77.